The number of amides is 1. The monoisotopic (exact) mass is 354 g/mol. The molecule has 1 spiro atoms. The van der Waals surface area contributed by atoms with Crippen molar-refractivity contribution in [3.63, 3.8) is 0 Å². The van der Waals surface area contributed by atoms with Crippen LogP contribution >= 0.6 is 0 Å². The van der Waals surface area contributed by atoms with Gasteiger partial charge in [0.15, 0.2) is 0 Å². The Morgan fingerprint density at radius 1 is 1.20 bits per heavy atom. The van der Waals surface area contributed by atoms with Crippen LogP contribution < -0.4 is 0 Å². The number of hydrogen-bond acceptors (Lipinski definition) is 5. The second kappa shape index (κ2) is 7.80. The van der Waals surface area contributed by atoms with Gasteiger partial charge in [0.1, 0.15) is 5.60 Å². The lowest BCUT2D eigenvalue weighted by Crippen LogP contribution is -2.58. The Morgan fingerprint density at radius 3 is 2.60 bits per heavy atom. The SMILES string of the molecule is CC(C)(C)OC(=O)N1CCC2(CC1)CN(CC1CCCOC1)CCO2. The van der Waals surface area contributed by atoms with Gasteiger partial charge in [-0.15, -0.1) is 0 Å². The van der Waals surface area contributed by atoms with Crippen LogP contribution in [-0.2, 0) is 14.2 Å². The first kappa shape index (κ1) is 18.9. The van der Waals surface area contributed by atoms with E-state index in [1.165, 1.54) is 12.8 Å². The summed E-state index contributed by atoms with van der Waals surface area (Å²) in [6, 6.07) is 0. The number of piperidine rings is 1. The summed E-state index contributed by atoms with van der Waals surface area (Å²) in [7, 11) is 0. The second-order valence-electron chi connectivity index (χ2n) is 8.82. The molecule has 6 nitrogen and oxygen atoms in total. The molecule has 0 radical (unpaired) electrons. The smallest absolute Gasteiger partial charge is 0.410 e. The molecule has 3 aliphatic rings. The second-order valence-corrected chi connectivity index (χ2v) is 8.82. The van der Waals surface area contributed by atoms with Gasteiger partial charge in [-0.3, -0.25) is 4.90 Å². The van der Waals surface area contributed by atoms with Crippen molar-refractivity contribution in [3.05, 3.63) is 0 Å². The summed E-state index contributed by atoms with van der Waals surface area (Å²) < 4.78 is 17.3. The largest absolute Gasteiger partial charge is 0.444 e. The van der Waals surface area contributed by atoms with Crippen LogP contribution in [-0.4, -0.2) is 79.6 Å². The van der Waals surface area contributed by atoms with E-state index in [0.29, 0.717) is 5.92 Å². The van der Waals surface area contributed by atoms with Crippen molar-refractivity contribution in [2.24, 2.45) is 5.92 Å². The van der Waals surface area contributed by atoms with Gasteiger partial charge in [0.2, 0.25) is 0 Å². The van der Waals surface area contributed by atoms with Gasteiger partial charge in [-0.25, -0.2) is 4.79 Å². The number of likely N-dealkylation sites (tertiary alicyclic amines) is 1. The summed E-state index contributed by atoms with van der Waals surface area (Å²) >= 11 is 0. The molecule has 25 heavy (non-hydrogen) atoms. The highest BCUT2D eigenvalue weighted by atomic mass is 16.6. The summed E-state index contributed by atoms with van der Waals surface area (Å²) in [4.78, 5) is 16.6. The standard InChI is InChI=1S/C19H34N2O4/c1-18(2,3)25-17(22)21-8-6-19(7-9-21)15-20(10-12-24-19)13-16-5-4-11-23-14-16/h16H,4-15H2,1-3H3. The third kappa shape index (κ3) is 5.31. The van der Waals surface area contributed by atoms with Crippen molar-refractivity contribution >= 4 is 6.09 Å². The molecular formula is C19H34N2O4. The first-order chi connectivity index (χ1) is 11.9. The molecule has 3 rings (SSSR count). The molecule has 0 N–H and O–H groups in total. The Morgan fingerprint density at radius 2 is 1.96 bits per heavy atom. The number of nitrogens with zero attached hydrogens (tertiary/aromatic N) is 2. The topological polar surface area (TPSA) is 51.2 Å². The van der Waals surface area contributed by atoms with Crippen LogP contribution in [0, 0.1) is 5.92 Å². The van der Waals surface area contributed by atoms with Crippen molar-refractivity contribution in [2.75, 3.05) is 52.5 Å². The molecule has 144 valence electrons. The molecule has 0 aromatic rings. The van der Waals surface area contributed by atoms with Gasteiger partial charge in [-0.1, -0.05) is 0 Å². The van der Waals surface area contributed by atoms with Crippen molar-refractivity contribution < 1.29 is 19.0 Å². The lowest BCUT2D eigenvalue weighted by molar-refractivity contribution is -0.138. The maximum absolute atomic E-state index is 12.3. The molecule has 1 amide bonds. The molecule has 6 heteroatoms. The van der Waals surface area contributed by atoms with Gasteiger partial charge in [0, 0.05) is 39.3 Å². The zero-order valence-corrected chi connectivity index (χ0v) is 16.1. The van der Waals surface area contributed by atoms with Crippen LogP contribution in [0.25, 0.3) is 0 Å². The number of carbonyl (C=O) groups is 1. The molecule has 3 heterocycles. The predicted octanol–water partition coefficient (Wildman–Crippen LogP) is 2.51. The van der Waals surface area contributed by atoms with Gasteiger partial charge in [-0.2, -0.15) is 0 Å². The quantitative estimate of drug-likeness (QED) is 0.763. The molecule has 0 aliphatic carbocycles. The van der Waals surface area contributed by atoms with Crippen molar-refractivity contribution in [2.45, 2.75) is 57.7 Å². The van der Waals surface area contributed by atoms with Crippen molar-refractivity contribution in [1.29, 1.82) is 0 Å². The van der Waals surface area contributed by atoms with E-state index >= 15 is 0 Å². The zero-order valence-electron chi connectivity index (χ0n) is 16.1. The van der Waals surface area contributed by atoms with Gasteiger partial charge < -0.3 is 19.1 Å². The lowest BCUT2D eigenvalue weighted by atomic mass is 9.89. The summed E-state index contributed by atoms with van der Waals surface area (Å²) in [5.74, 6) is 0.658. The van der Waals surface area contributed by atoms with E-state index in [4.69, 9.17) is 14.2 Å². The van der Waals surface area contributed by atoms with E-state index in [-0.39, 0.29) is 11.7 Å². The van der Waals surface area contributed by atoms with E-state index in [0.717, 1.165) is 65.4 Å². The molecule has 0 aromatic heterocycles. The third-order valence-electron chi connectivity index (χ3n) is 5.42. The number of hydrogen-bond donors (Lipinski definition) is 0. The number of morpholine rings is 1. The van der Waals surface area contributed by atoms with Crippen LogP contribution in [0.3, 0.4) is 0 Å². The molecule has 0 saturated carbocycles. The third-order valence-corrected chi connectivity index (χ3v) is 5.42. The minimum absolute atomic E-state index is 0.0910. The predicted molar refractivity (Wildman–Crippen MR) is 95.7 cm³/mol. The van der Waals surface area contributed by atoms with Gasteiger partial charge >= 0.3 is 6.09 Å². The normalized spacial score (nSPS) is 28.1. The zero-order chi connectivity index (χ0) is 17.9. The van der Waals surface area contributed by atoms with E-state index in [1.54, 1.807) is 0 Å². The van der Waals surface area contributed by atoms with E-state index in [9.17, 15) is 4.79 Å². The molecule has 3 saturated heterocycles. The Kier molecular flexibility index (Phi) is 5.91. The first-order valence-electron chi connectivity index (χ1n) is 9.77. The Labute approximate surface area is 151 Å². The average molecular weight is 354 g/mol. The number of carbonyl (C=O) groups excluding carboxylic acids is 1. The minimum atomic E-state index is -0.438. The Balaban J connectivity index is 1.49. The fourth-order valence-electron chi connectivity index (χ4n) is 4.12. The highest BCUT2D eigenvalue weighted by Gasteiger charge is 2.41. The van der Waals surface area contributed by atoms with Gasteiger partial charge in [0.05, 0.1) is 18.8 Å². The fourth-order valence-corrected chi connectivity index (χ4v) is 4.12. The van der Waals surface area contributed by atoms with Crippen LogP contribution in [0.15, 0.2) is 0 Å². The summed E-state index contributed by atoms with van der Waals surface area (Å²) in [5.41, 5.74) is -0.529. The molecule has 1 atom stereocenters. The lowest BCUT2D eigenvalue weighted by Gasteiger charge is -2.48. The van der Waals surface area contributed by atoms with Crippen LogP contribution in [0.2, 0.25) is 0 Å². The molecule has 1 unspecified atom stereocenters. The van der Waals surface area contributed by atoms with E-state index < -0.39 is 5.60 Å². The molecule has 3 aliphatic heterocycles. The van der Waals surface area contributed by atoms with E-state index in [2.05, 4.69) is 4.90 Å². The van der Waals surface area contributed by atoms with Crippen LogP contribution in [0.1, 0.15) is 46.5 Å². The molecular weight excluding hydrogens is 320 g/mol. The van der Waals surface area contributed by atoms with Crippen LogP contribution in [0.4, 0.5) is 4.79 Å². The average Bonchev–Trinajstić information content (AvgIpc) is 2.55. The fraction of sp³-hybridized carbons (Fsp3) is 0.947. The summed E-state index contributed by atoms with van der Waals surface area (Å²) in [6.07, 6.45) is 4.05. The van der Waals surface area contributed by atoms with Crippen molar-refractivity contribution in [1.82, 2.24) is 9.80 Å². The molecule has 3 fully saturated rings. The molecule has 0 aromatic carbocycles. The summed E-state index contributed by atoms with van der Waals surface area (Å²) in [5, 5.41) is 0. The summed E-state index contributed by atoms with van der Waals surface area (Å²) in [6.45, 7) is 12.9. The van der Waals surface area contributed by atoms with Gasteiger partial charge in [0.25, 0.3) is 0 Å². The van der Waals surface area contributed by atoms with Gasteiger partial charge in [-0.05, 0) is 52.4 Å². The number of ether oxygens (including phenoxy) is 3. The first-order valence-corrected chi connectivity index (χ1v) is 9.77. The van der Waals surface area contributed by atoms with Crippen molar-refractivity contribution in [3.8, 4) is 0 Å². The highest BCUT2D eigenvalue weighted by molar-refractivity contribution is 5.68. The van der Waals surface area contributed by atoms with Crippen LogP contribution in [0.5, 0.6) is 0 Å². The maximum atomic E-state index is 12.3. The Bertz CT molecular complexity index is 449. The minimum Gasteiger partial charge on any atom is -0.444 e. The maximum Gasteiger partial charge on any atom is 0.410 e. The molecule has 0 bridgehead atoms. The highest BCUT2D eigenvalue weighted by Crippen LogP contribution is 2.31. The Hall–Kier alpha value is -0.850. The van der Waals surface area contributed by atoms with E-state index in [1.807, 2.05) is 25.7 Å². The number of rotatable bonds is 2.